The van der Waals surface area contributed by atoms with E-state index in [2.05, 4.69) is 24.2 Å². The molecule has 1 N–H and O–H groups in total. The lowest BCUT2D eigenvalue weighted by molar-refractivity contribution is -0.148. The van der Waals surface area contributed by atoms with Crippen LogP contribution >= 0.6 is 12.4 Å². The van der Waals surface area contributed by atoms with Crippen molar-refractivity contribution in [2.75, 3.05) is 53.5 Å². The van der Waals surface area contributed by atoms with Crippen molar-refractivity contribution in [3.8, 4) is 0 Å². The van der Waals surface area contributed by atoms with E-state index >= 15 is 0 Å². The van der Waals surface area contributed by atoms with Gasteiger partial charge in [-0.2, -0.15) is 0 Å². The highest BCUT2D eigenvalue weighted by molar-refractivity contribution is 5.85. The van der Waals surface area contributed by atoms with Crippen LogP contribution in [0.1, 0.15) is 13.3 Å². The molecule has 2 aliphatic heterocycles. The van der Waals surface area contributed by atoms with E-state index in [9.17, 15) is 4.79 Å². The zero-order valence-corrected chi connectivity index (χ0v) is 13.0. The maximum absolute atomic E-state index is 12.8. The predicted octanol–water partition coefficient (Wildman–Crippen LogP) is 0.197. The van der Waals surface area contributed by atoms with Crippen molar-refractivity contribution in [3.63, 3.8) is 0 Å². The standard InChI is InChI=1S/C13H25N3O2.ClH/c1-11-8-15(2)6-7-16(11)12(17)13(10-18-3)4-5-14-9-13;/h11,14H,4-10H2,1-3H3;1H. The number of nitrogens with zero attached hydrogens (tertiary/aromatic N) is 2. The van der Waals surface area contributed by atoms with E-state index in [4.69, 9.17) is 4.74 Å². The first-order valence-electron chi connectivity index (χ1n) is 6.78. The van der Waals surface area contributed by atoms with Gasteiger partial charge in [0.2, 0.25) is 5.91 Å². The first-order valence-corrected chi connectivity index (χ1v) is 6.78. The number of rotatable bonds is 3. The number of methoxy groups -OCH3 is 1. The third-order valence-corrected chi connectivity index (χ3v) is 4.21. The molecule has 2 unspecified atom stereocenters. The Hall–Kier alpha value is -0.360. The van der Waals surface area contributed by atoms with E-state index in [-0.39, 0.29) is 23.7 Å². The second-order valence-electron chi connectivity index (χ2n) is 5.75. The van der Waals surface area contributed by atoms with Gasteiger partial charge in [-0.25, -0.2) is 0 Å². The third-order valence-electron chi connectivity index (χ3n) is 4.21. The van der Waals surface area contributed by atoms with Crippen LogP contribution in [-0.2, 0) is 9.53 Å². The molecule has 112 valence electrons. The van der Waals surface area contributed by atoms with Crippen LogP contribution in [0.4, 0.5) is 0 Å². The average molecular weight is 292 g/mol. The minimum absolute atomic E-state index is 0. The fourth-order valence-electron chi connectivity index (χ4n) is 3.13. The monoisotopic (exact) mass is 291 g/mol. The first kappa shape index (κ1) is 16.7. The number of halogens is 1. The summed E-state index contributed by atoms with van der Waals surface area (Å²) in [5.41, 5.74) is -0.334. The molecule has 0 bridgehead atoms. The van der Waals surface area contributed by atoms with Gasteiger partial charge in [0.15, 0.2) is 0 Å². The number of carbonyl (C=O) groups excluding carboxylic acids is 1. The SMILES string of the molecule is COCC1(C(=O)N2CCN(C)CC2C)CCNC1.Cl. The van der Waals surface area contributed by atoms with Gasteiger partial charge in [0.25, 0.3) is 0 Å². The van der Waals surface area contributed by atoms with E-state index in [1.807, 2.05) is 4.90 Å². The minimum atomic E-state index is -0.334. The number of carbonyl (C=O) groups is 1. The summed E-state index contributed by atoms with van der Waals surface area (Å²) in [6, 6.07) is 0.297. The molecule has 1 amide bonds. The quantitative estimate of drug-likeness (QED) is 0.807. The van der Waals surface area contributed by atoms with Crippen molar-refractivity contribution < 1.29 is 9.53 Å². The number of piperazine rings is 1. The zero-order chi connectivity index (χ0) is 13.2. The second kappa shape index (κ2) is 6.88. The Kier molecular flexibility index (Phi) is 6.05. The molecule has 2 aliphatic rings. The van der Waals surface area contributed by atoms with Crippen LogP contribution in [0.2, 0.25) is 0 Å². The predicted molar refractivity (Wildman–Crippen MR) is 77.7 cm³/mol. The lowest BCUT2D eigenvalue weighted by atomic mass is 9.85. The first-order chi connectivity index (χ1) is 8.59. The number of hydrogen-bond donors (Lipinski definition) is 1. The van der Waals surface area contributed by atoms with Gasteiger partial charge in [-0.1, -0.05) is 0 Å². The van der Waals surface area contributed by atoms with Gasteiger partial charge in [0.1, 0.15) is 0 Å². The molecular formula is C13H26ClN3O2. The van der Waals surface area contributed by atoms with Crippen LogP contribution in [0.15, 0.2) is 0 Å². The smallest absolute Gasteiger partial charge is 0.232 e. The summed E-state index contributed by atoms with van der Waals surface area (Å²) in [5.74, 6) is 0.273. The highest BCUT2D eigenvalue weighted by Crippen LogP contribution is 2.30. The lowest BCUT2D eigenvalue weighted by Crippen LogP contribution is -2.58. The third kappa shape index (κ3) is 3.40. The molecule has 2 rings (SSSR count). The van der Waals surface area contributed by atoms with Gasteiger partial charge in [0.05, 0.1) is 12.0 Å². The van der Waals surface area contributed by atoms with Gasteiger partial charge in [0, 0.05) is 39.3 Å². The number of hydrogen-bond acceptors (Lipinski definition) is 4. The number of amides is 1. The Morgan fingerprint density at radius 1 is 1.47 bits per heavy atom. The highest BCUT2D eigenvalue weighted by atomic mass is 35.5. The maximum atomic E-state index is 12.8. The average Bonchev–Trinajstić information content (AvgIpc) is 2.78. The largest absolute Gasteiger partial charge is 0.384 e. The van der Waals surface area contributed by atoms with Crippen molar-refractivity contribution >= 4 is 18.3 Å². The molecule has 0 aliphatic carbocycles. The van der Waals surface area contributed by atoms with Crippen LogP contribution in [-0.4, -0.2) is 75.2 Å². The molecule has 19 heavy (non-hydrogen) atoms. The van der Waals surface area contributed by atoms with Gasteiger partial charge in [-0.05, 0) is 26.9 Å². The molecule has 0 aromatic carbocycles. The Morgan fingerprint density at radius 3 is 2.74 bits per heavy atom. The molecule has 0 saturated carbocycles. The summed E-state index contributed by atoms with van der Waals surface area (Å²) in [6.07, 6.45) is 0.888. The van der Waals surface area contributed by atoms with Gasteiger partial charge in [-0.3, -0.25) is 4.79 Å². The van der Waals surface area contributed by atoms with Crippen LogP contribution in [0.3, 0.4) is 0 Å². The van der Waals surface area contributed by atoms with Crippen LogP contribution in [0.5, 0.6) is 0 Å². The Labute approximate surface area is 122 Å². The fraction of sp³-hybridized carbons (Fsp3) is 0.923. The summed E-state index contributed by atoms with van der Waals surface area (Å²) in [7, 11) is 3.79. The molecule has 0 aromatic rings. The Balaban J connectivity index is 0.00000180. The minimum Gasteiger partial charge on any atom is -0.384 e. The van der Waals surface area contributed by atoms with Crippen molar-refractivity contribution in [2.45, 2.75) is 19.4 Å². The molecule has 2 atom stereocenters. The molecule has 2 fully saturated rings. The van der Waals surface area contributed by atoms with Gasteiger partial charge in [-0.15, -0.1) is 12.4 Å². The van der Waals surface area contributed by atoms with Crippen molar-refractivity contribution in [1.29, 1.82) is 0 Å². The van der Waals surface area contributed by atoms with Crippen LogP contribution < -0.4 is 5.32 Å². The summed E-state index contributed by atoms with van der Waals surface area (Å²) in [6.45, 7) is 7.08. The van der Waals surface area contributed by atoms with E-state index in [0.717, 1.165) is 39.1 Å². The summed E-state index contributed by atoms with van der Waals surface area (Å²) < 4.78 is 5.30. The lowest BCUT2D eigenvalue weighted by Gasteiger charge is -2.42. The normalized spacial score (nSPS) is 32.2. The Bertz CT molecular complexity index is 308. The van der Waals surface area contributed by atoms with Crippen LogP contribution in [0.25, 0.3) is 0 Å². The molecule has 2 heterocycles. The molecule has 5 nitrogen and oxygen atoms in total. The van der Waals surface area contributed by atoms with Crippen molar-refractivity contribution in [1.82, 2.24) is 15.1 Å². The molecule has 6 heteroatoms. The van der Waals surface area contributed by atoms with E-state index < -0.39 is 0 Å². The topological polar surface area (TPSA) is 44.8 Å². The summed E-state index contributed by atoms with van der Waals surface area (Å²) in [5, 5.41) is 3.30. The van der Waals surface area contributed by atoms with E-state index in [1.165, 1.54) is 0 Å². The number of ether oxygens (including phenoxy) is 1. The summed E-state index contributed by atoms with van der Waals surface area (Å²) in [4.78, 5) is 17.1. The number of likely N-dealkylation sites (N-methyl/N-ethyl adjacent to an activating group) is 1. The number of nitrogens with one attached hydrogen (secondary N) is 1. The molecule has 2 saturated heterocycles. The van der Waals surface area contributed by atoms with Crippen molar-refractivity contribution in [2.24, 2.45) is 5.41 Å². The van der Waals surface area contributed by atoms with E-state index in [0.29, 0.717) is 12.6 Å². The van der Waals surface area contributed by atoms with Gasteiger partial charge < -0.3 is 19.9 Å². The van der Waals surface area contributed by atoms with Gasteiger partial charge >= 0.3 is 0 Å². The second-order valence-corrected chi connectivity index (χ2v) is 5.75. The van der Waals surface area contributed by atoms with E-state index in [1.54, 1.807) is 7.11 Å². The summed E-state index contributed by atoms with van der Waals surface area (Å²) >= 11 is 0. The zero-order valence-electron chi connectivity index (χ0n) is 12.1. The Morgan fingerprint density at radius 2 is 2.21 bits per heavy atom. The molecular weight excluding hydrogens is 266 g/mol. The molecule has 0 aromatic heterocycles. The highest BCUT2D eigenvalue weighted by Gasteiger charge is 2.45. The molecule has 0 spiro atoms. The maximum Gasteiger partial charge on any atom is 0.232 e. The van der Waals surface area contributed by atoms with Crippen LogP contribution in [0, 0.1) is 5.41 Å². The molecule has 0 radical (unpaired) electrons. The van der Waals surface area contributed by atoms with Crippen molar-refractivity contribution in [3.05, 3.63) is 0 Å². The fourth-order valence-corrected chi connectivity index (χ4v) is 3.13.